The van der Waals surface area contributed by atoms with Gasteiger partial charge in [0.05, 0.1) is 12.5 Å². The van der Waals surface area contributed by atoms with Gasteiger partial charge in [-0.15, -0.1) is 0 Å². The number of esters is 1. The molecule has 0 aromatic carbocycles. The Morgan fingerprint density at radius 3 is 3.30 bits per heavy atom. The highest BCUT2D eigenvalue weighted by atomic mass is 16.5. The van der Waals surface area contributed by atoms with Crippen LogP contribution in [0.25, 0.3) is 0 Å². The van der Waals surface area contributed by atoms with Crippen molar-refractivity contribution in [2.45, 2.75) is 12.8 Å². The Hall–Kier alpha value is -0.790. The molecule has 0 bridgehead atoms. The van der Waals surface area contributed by atoms with Crippen molar-refractivity contribution in [1.29, 1.82) is 0 Å². The van der Waals surface area contributed by atoms with Crippen LogP contribution in [0, 0.1) is 11.8 Å². The molecule has 0 aromatic rings. The third-order valence-corrected chi connectivity index (χ3v) is 2.27. The molecule has 1 saturated heterocycles. The molecule has 1 aliphatic heterocycles. The maximum absolute atomic E-state index is 11.0. The molecule has 0 aromatic heterocycles. The minimum atomic E-state index is 0.00866. The second-order valence-electron chi connectivity index (χ2n) is 2.91. The van der Waals surface area contributed by atoms with E-state index in [9.17, 15) is 4.79 Å². The topological polar surface area (TPSA) is 26.3 Å². The summed E-state index contributed by atoms with van der Waals surface area (Å²) in [6, 6.07) is 0. The molecule has 1 heterocycles. The Balaban J connectivity index is 2.19. The molecule has 10 heavy (non-hydrogen) atoms. The summed E-state index contributed by atoms with van der Waals surface area (Å²) in [7, 11) is 0. The van der Waals surface area contributed by atoms with E-state index in [1.165, 1.54) is 0 Å². The number of hydrogen-bond donors (Lipinski definition) is 0. The Kier molecular flexibility index (Phi) is 1.26. The van der Waals surface area contributed by atoms with Crippen LogP contribution < -0.4 is 0 Å². The monoisotopic (exact) mass is 138 g/mol. The van der Waals surface area contributed by atoms with Gasteiger partial charge in [0, 0.05) is 5.92 Å². The van der Waals surface area contributed by atoms with Gasteiger partial charge in [0.1, 0.15) is 0 Å². The first-order chi connectivity index (χ1) is 4.88. The first-order valence-corrected chi connectivity index (χ1v) is 3.71. The summed E-state index contributed by atoms with van der Waals surface area (Å²) in [5, 5.41) is 0. The maximum atomic E-state index is 11.0. The maximum Gasteiger partial charge on any atom is 0.309 e. The molecule has 2 nitrogen and oxygen atoms in total. The van der Waals surface area contributed by atoms with E-state index < -0.39 is 0 Å². The van der Waals surface area contributed by atoms with E-state index in [1.54, 1.807) is 0 Å². The Bertz CT molecular complexity index is 184. The molecule has 54 valence electrons. The van der Waals surface area contributed by atoms with Gasteiger partial charge in [0.25, 0.3) is 0 Å². The second kappa shape index (κ2) is 2.11. The highest BCUT2D eigenvalue weighted by Gasteiger charge is 2.35. The summed E-state index contributed by atoms with van der Waals surface area (Å²) < 4.78 is 4.91. The fraction of sp³-hybridized carbons (Fsp3) is 0.625. The zero-order valence-electron chi connectivity index (χ0n) is 5.75. The third kappa shape index (κ3) is 0.753. The Morgan fingerprint density at radius 2 is 2.50 bits per heavy atom. The lowest BCUT2D eigenvalue weighted by molar-refractivity contribution is -0.141. The summed E-state index contributed by atoms with van der Waals surface area (Å²) >= 11 is 0. The summed E-state index contributed by atoms with van der Waals surface area (Å²) in [6.07, 6.45) is 6.28. The van der Waals surface area contributed by atoms with E-state index in [4.69, 9.17) is 4.74 Å². The van der Waals surface area contributed by atoms with Gasteiger partial charge in [-0.05, 0) is 12.8 Å². The second-order valence-corrected chi connectivity index (χ2v) is 2.91. The number of cyclic esters (lactones) is 1. The minimum Gasteiger partial charge on any atom is -0.465 e. The van der Waals surface area contributed by atoms with Crippen molar-refractivity contribution in [3.63, 3.8) is 0 Å². The third-order valence-electron chi connectivity index (χ3n) is 2.27. The smallest absolute Gasteiger partial charge is 0.309 e. The molecule has 1 aliphatic carbocycles. The fourth-order valence-corrected chi connectivity index (χ4v) is 1.64. The van der Waals surface area contributed by atoms with Crippen LogP contribution in [0.5, 0.6) is 0 Å². The van der Waals surface area contributed by atoms with Gasteiger partial charge in [0.15, 0.2) is 0 Å². The van der Waals surface area contributed by atoms with E-state index in [0.29, 0.717) is 12.5 Å². The zero-order chi connectivity index (χ0) is 6.97. The molecule has 2 heteroatoms. The van der Waals surface area contributed by atoms with E-state index in [-0.39, 0.29) is 11.9 Å². The molecular formula is C8H10O2. The van der Waals surface area contributed by atoms with E-state index in [2.05, 4.69) is 12.2 Å². The molecule has 2 aliphatic rings. The molecule has 0 spiro atoms. The molecule has 0 radical (unpaired) electrons. The molecule has 2 rings (SSSR count). The van der Waals surface area contributed by atoms with Crippen molar-refractivity contribution in [1.82, 2.24) is 0 Å². The number of carbonyl (C=O) groups is 1. The number of allylic oxidation sites excluding steroid dienone is 1. The van der Waals surface area contributed by atoms with Gasteiger partial charge < -0.3 is 4.74 Å². The summed E-state index contributed by atoms with van der Waals surface area (Å²) in [5.41, 5.74) is 0. The van der Waals surface area contributed by atoms with Crippen molar-refractivity contribution in [2.75, 3.05) is 6.61 Å². The summed E-state index contributed by atoms with van der Waals surface area (Å²) in [4.78, 5) is 11.0. The molecular weight excluding hydrogens is 128 g/mol. The molecule has 2 unspecified atom stereocenters. The van der Waals surface area contributed by atoms with Gasteiger partial charge in [-0.2, -0.15) is 0 Å². The van der Waals surface area contributed by atoms with Gasteiger partial charge in [-0.3, -0.25) is 4.79 Å². The molecule has 0 N–H and O–H groups in total. The van der Waals surface area contributed by atoms with Gasteiger partial charge in [-0.25, -0.2) is 0 Å². The molecule has 2 atom stereocenters. The average molecular weight is 138 g/mol. The lowest BCUT2D eigenvalue weighted by Gasteiger charge is -2.13. The van der Waals surface area contributed by atoms with Crippen LogP contribution in [0.3, 0.4) is 0 Å². The number of ether oxygens (including phenoxy) is 1. The van der Waals surface area contributed by atoms with E-state index >= 15 is 0 Å². The van der Waals surface area contributed by atoms with E-state index in [0.717, 1.165) is 12.8 Å². The van der Waals surface area contributed by atoms with Gasteiger partial charge in [0.2, 0.25) is 0 Å². The van der Waals surface area contributed by atoms with Crippen LogP contribution in [-0.2, 0) is 9.53 Å². The molecule has 0 saturated carbocycles. The van der Waals surface area contributed by atoms with Gasteiger partial charge >= 0.3 is 5.97 Å². The van der Waals surface area contributed by atoms with Crippen LogP contribution in [0.2, 0.25) is 0 Å². The number of carbonyl (C=O) groups excluding carboxylic acids is 1. The lowest BCUT2D eigenvalue weighted by atomic mass is 9.87. The summed E-state index contributed by atoms with van der Waals surface area (Å²) in [5.74, 6) is 0.584. The Labute approximate surface area is 59.9 Å². The normalized spacial score (nSPS) is 37.4. The lowest BCUT2D eigenvalue weighted by Crippen LogP contribution is -2.16. The standard InChI is InChI=1S/C8H10O2/c9-8-7-4-2-1-3-6(7)5-10-8/h1,3,6-7H,2,4-5H2. The van der Waals surface area contributed by atoms with Crippen molar-refractivity contribution in [2.24, 2.45) is 11.8 Å². The Morgan fingerprint density at radius 1 is 1.60 bits per heavy atom. The zero-order valence-corrected chi connectivity index (χ0v) is 5.75. The fourth-order valence-electron chi connectivity index (χ4n) is 1.64. The SMILES string of the molecule is O=C1OCC2C=CCCC12. The first kappa shape index (κ1) is 5.96. The minimum absolute atomic E-state index is 0.00866. The number of rotatable bonds is 0. The first-order valence-electron chi connectivity index (χ1n) is 3.71. The van der Waals surface area contributed by atoms with Crippen molar-refractivity contribution in [3.8, 4) is 0 Å². The largest absolute Gasteiger partial charge is 0.465 e. The van der Waals surface area contributed by atoms with Gasteiger partial charge in [-0.1, -0.05) is 12.2 Å². The number of hydrogen-bond acceptors (Lipinski definition) is 2. The van der Waals surface area contributed by atoms with Crippen molar-refractivity contribution in [3.05, 3.63) is 12.2 Å². The van der Waals surface area contributed by atoms with Crippen LogP contribution in [0.1, 0.15) is 12.8 Å². The van der Waals surface area contributed by atoms with Crippen molar-refractivity contribution >= 4 is 5.97 Å². The molecule has 1 fully saturated rings. The van der Waals surface area contributed by atoms with Crippen LogP contribution in [0.4, 0.5) is 0 Å². The predicted molar refractivity (Wildman–Crippen MR) is 36.3 cm³/mol. The molecule has 0 amide bonds. The highest BCUT2D eigenvalue weighted by molar-refractivity contribution is 5.75. The summed E-state index contributed by atoms with van der Waals surface area (Å²) in [6.45, 7) is 0.611. The predicted octanol–water partition coefficient (Wildman–Crippen LogP) is 1.13. The van der Waals surface area contributed by atoms with Crippen LogP contribution in [-0.4, -0.2) is 12.6 Å². The van der Waals surface area contributed by atoms with Crippen LogP contribution in [0.15, 0.2) is 12.2 Å². The van der Waals surface area contributed by atoms with Crippen molar-refractivity contribution < 1.29 is 9.53 Å². The van der Waals surface area contributed by atoms with E-state index in [1.807, 2.05) is 0 Å². The number of fused-ring (bicyclic) bond motifs is 1. The van der Waals surface area contributed by atoms with Crippen LogP contribution >= 0.6 is 0 Å². The average Bonchev–Trinajstić information content (AvgIpc) is 2.34. The quantitative estimate of drug-likeness (QED) is 0.370. The highest BCUT2D eigenvalue weighted by Crippen LogP contribution is 2.30.